The zero-order valence-corrected chi connectivity index (χ0v) is 21.2. The maximum absolute atomic E-state index is 9.62. The van der Waals surface area contributed by atoms with Crippen LogP contribution in [0.2, 0.25) is 0 Å². The minimum absolute atomic E-state index is 0.0148. The van der Waals surface area contributed by atoms with E-state index in [4.69, 9.17) is 0 Å². The smallest absolute Gasteiger partial charge is 0.423 e. The third-order valence-electron chi connectivity index (χ3n) is 7.83. The highest BCUT2D eigenvalue weighted by Crippen LogP contribution is 2.51. The molecule has 0 spiro atoms. The average Bonchev–Trinajstić information content (AvgIpc) is 3.16. The van der Waals surface area contributed by atoms with Crippen LogP contribution < -0.4 is 10.4 Å². The van der Waals surface area contributed by atoms with Gasteiger partial charge in [0.05, 0.1) is 0 Å². The molecule has 4 heteroatoms. The number of rotatable bonds is 5. The third kappa shape index (κ3) is 4.13. The Hall–Kier alpha value is -3.86. The van der Waals surface area contributed by atoms with Gasteiger partial charge in [-0.05, 0) is 82.5 Å². The molecule has 0 atom stereocenters. The summed E-state index contributed by atoms with van der Waals surface area (Å²) in [6.45, 7) is 4.68. The Morgan fingerprint density at radius 2 is 1.35 bits per heavy atom. The highest BCUT2D eigenvalue weighted by atomic mass is 16.4. The van der Waals surface area contributed by atoms with E-state index >= 15 is 0 Å². The summed E-state index contributed by atoms with van der Waals surface area (Å²) in [6.07, 6.45) is 6.80. The Balaban J connectivity index is 1.45. The SMILES string of the molecule is CC1(C)C2=C(C=CCC2)c2ccc(N(c3ccc(B(O)O)cc3)c3ccc(-c4ccccc4)cc3)cc21. The molecule has 4 aromatic carbocycles. The summed E-state index contributed by atoms with van der Waals surface area (Å²) >= 11 is 0. The fourth-order valence-corrected chi connectivity index (χ4v) is 5.83. The molecule has 0 bridgehead atoms. The summed E-state index contributed by atoms with van der Waals surface area (Å²) in [5.41, 5.74) is 11.5. The Morgan fingerprint density at radius 3 is 2.03 bits per heavy atom. The van der Waals surface area contributed by atoms with E-state index in [0.29, 0.717) is 5.46 Å². The van der Waals surface area contributed by atoms with Crippen LogP contribution in [-0.2, 0) is 5.41 Å². The maximum atomic E-state index is 9.62. The van der Waals surface area contributed by atoms with Crippen molar-refractivity contribution in [3.63, 3.8) is 0 Å². The van der Waals surface area contributed by atoms with E-state index in [1.807, 2.05) is 18.2 Å². The second kappa shape index (κ2) is 9.22. The molecule has 0 saturated heterocycles. The molecule has 0 aromatic heterocycles. The lowest BCUT2D eigenvalue weighted by Crippen LogP contribution is -2.29. The first-order valence-corrected chi connectivity index (χ1v) is 12.9. The lowest BCUT2D eigenvalue weighted by Gasteiger charge is -2.29. The van der Waals surface area contributed by atoms with E-state index < -0.39 is 7.12 Å². The maximum Gasteiger partial charge on any atom is 0.488 e. The quantitative estimate of drug-likeness (QED) is 0.304. The van der Waals surface area contributed by atoms with Gasteiger partial charge in [0.15, 0.2) is 0 Å². The molecule has 0 amide bonds. The normalized spacial score (nSPS) is 15.4. The topological polar surface area (TPSA) is 43.7 Å². The second-order valence-electron chi connectivity index (χ2n) is 10.4. The molecular formula is C33H30BNO2. The predicted octanol–water partition coefficient (Wildman–Crippen LogP) is 6.90. The molecule has 2 aliphatic carbocycles. The second-order valence-corrected chi connectivity index (χ2v) is 10.4. The van der Waals surface area contributed by atoms with Gasteiger partial charge in [-0.3, -0.25) is 0 Å². The van der Waals surface area contributed by atoms with Crippen molar-refractivity contribution in [2.45, 2.75) is 32.1 Å². The number of allylic oxidation sites excluding steroid dienone is 4. The minimum Gasteiger partial charge on any atom is -0.423 e. The highest BCUT2D eigenvalue weighted by Gasteiger charge is 2.37. The molecule has 3 nitrogen and oxygen atoms in total. The van der Waals surface area contributed by atoms with E-state index in [0.717, 1.165) is 29.9 Å². The molecule has 2 N–H and O–H groups in total. The van der Waals surface area contributed by atoms with Crippen molar-refractivity contribution in [3.05, 3.63) is 126 Å². The van der Waals surface area contributed by atoms with Crippen LogP contribution >= 0.6 is 0 Å². The van der Waals surface area contributed by atoms with Gasteiger partial charge in [0.2, 0.25) is 0 Å². The van der Waals surface area contributed by atoms with Gasteiger partial charge in [0.25, 0.3) is 0 Å². The van der Waals surface area contributed by atoms with Crippen LogP contribution in [0.5, 0.6) is 0 Å². The van der Waals surface area contributed by atoms with Crippen molar-refractivity contribution < 1.29 is 10.0 Å². The standard InChI is InChI=1S/C33H30BNO2/c1-33(2)31-11-7-6-10-29(31)30-21-20-28(22-32(30)33)35(27-18-14-25(15-19-27)34(36)37)26-16-12-24(13-17-26)23-8-4-3-5-9-23/h3-6,8-10,12-22,36-37H,7,11H2,1-2H3. The summed E-state index contributed by atoms with van der Waals surface area (Å²) in [5.74, 6) is 0. The summed E-state index contributed by atoms with van der Waals surface area (Å²) < 4.78 is 0. The summed E-state index contributed by atoms with van der Waals surface area (Å²) in [4.78, 5) is 2.24. The summed E-state index contributed by atoms with van der Waals surface area (Å²) in [5, 5.41) is 19.2. The largest absolute Gasteiger partial charge is 0.488 e. The fraction of sp³-hybridized carbons (Fsp3) is 0.152. The van der Waals surface area contributed by atoms with Crippen molar-refractivity contribution in [3.8, 4) is 11.1 Å². The number of fused-ring (bicyclic) bond motifs is 2. The molecule has 2 aliphatic rings. The first-order valence-electron chi connectivity index (χ1n) is 12.9. The highest BCUT2D eigenvalue weighted by molar-refractivity contribution is 6.58. The van der Waals surface area contributed by atoms with Gasteiger partial charge in [-0.1, -0.05) is 92.2 Å². The van der Waals surface area contributed by atoms with Crippen molar-refractivity contribution >= 4 is 35.2 Å². The summed E-state index contributed by atoms with van der Waals surface area (Å²) in [7, 11) is -1.49. The minimum atomic E-state index is -1.49. The molecule has 0 fully saturated rings. The average molecular weight is 483 g/mol. The lowest BCUT2D eigenvalue weighted by molar-refractivity contribution is 0.426. The van der Waals surface area contributed by atoms with Crippen LogP contribution in [0.1, 0.15) is 37.8 Å². The number of anilines is 3. The van der Waals surface area contributed by atoms with Crippen LogP contribution in [0.15, 0.2) is 115 Å². The van der Waals surface area contributed by atoms with E-state index in [9.17, 15) is 10.0 Å². The van der Waals surface area contributed by atoms with Crippen molar-refractivity contribution in [2.75, 3.05) is 4.90 Å². The Morgan fingerprint density at radius 1 is 0.730 bits per heavy atom. The Labute approximate surface area is 219 Å². The lowest BCUT2D eigenvalue weighted by atomic mass is 9.78. The molecule has 4 aromatic rings. The molecular weight excluding hydrogens is 453 g/mol. The number of benzene rings is 4. The van der Waals surface area contributed by atoms with Crippen LogP contribution in [0.3, 0.4) is 0 Å². The Kier molecular flexibility index (Phi) is 5.87. The van der Waals surface area contributed by atoms with Gasteiger partial charge in [0, 0.05) is 22.5 Å². The van der Waals surface area contributed by atoms with Crippen molar-refractivity contribution in [1.29, 1.82) is 0 Å². The van der Waals surface area contributed by atoms with Crippen LogP contribution in [0.25, 0.3) is 16.7 Å². The molecule has 182 valence electrons. The molecule has 37 heavy (non-hydrogen) atoms. The van der Waals surface area contributed by atoms with E-state index in [2.05, 4.69) is 97.6 Å². The fourth-order valence-electron chi connectivity index (χ4n) is 5.83. The zero-order valence-electron chi connectivity index (χ0n) is 21.2. The first-order chi connectivity index (χ1) is 17.9. The van der Waals surface area contributed by atoms with Gasteiger partial charge in [-0.15, -0.1) is 0 Å². The third-order valence-corrected chi connectivity index (χ3v) is 7.83. The monoisotopic (exact) mass is 483 g/mol. The van der Waals surface area contributed by atoms with Gasteiger partial charge < -0.3 is 14.9 Å². The molecule has 0 radical (unpaired) electrons. The van der Waals surface area contributed by atoms with Crippen LogP contribution in [-0.4, -0.2) is 17.2 Å². The zero-order chi connectivity index (χ0) is 25.6. The first kappa shape index (κ1) is 23.5. The van der Waals surface area contributed by atoms with E-state index in [-0.39, 0.29) is 5.41 Å². The van der Waals surface area contributed by atoms with E-state index in [1.165, 1.54) is 33.4 Å². The Bertz CT molecular complexity index is 1500. The molecule has 0 aliphatic heterocycles. The number of nitrogens with zero attached hydrogens (tertiary/aromatic N) is 1. The van der Waals surface area contributed by atoms with Crippen LogP contribution in [0.4, 0.5) is 17.1 Å². The van der Waals surface area contributed by atoms with Crippen molar-refractivity contribution in [2.24, 2.45) is 0 Å². The van der Waals surface area contributed by atoms with Gasteiger partial charge in [-0.25, -0.2) is 0 Å². The number of hydrogen-bond donors (Lipinski definition) is 2. The molecule has 0 heterocycles. The predicted molar refractivity (Wildman–Crippen MR) is 155 cm³/mol. The number of hydrogen-bond acceptors (Lipinski definition) is 3. The van der Waals surface area contributed by atoms with Crippen LogP contribution in [0, 0.1) is 0 Å². The molecule has 6 rings (SSSR count). The summed E-state index contributed by atoms with van der Waals surface area (Å²) in [6, 6.07) is 33.3. The van der Waals surface area contributed by atoms with Gasteiger partial charge in [-0.2, -0.15) is 0 Å². The van der Waals surface area contributed by atoms with Gasteiger partial charge >= 0.3 is 7.12 Å². The molecule has 0 saturated carbocycles. The van der Waals surface area contributed by atoms with E-state index in [1.54, 1.807) is 12.1 Å². The van der Waals surface area contributed by atoms with Gasteiger partial charge in [0.1, 0.15) is 0 Å². The van der Waals surface area contributed by atoms with Crippen molar-refractivity contribution in [1.82, 2.24) is 0 Å². The molecule has 0 unspecified atom stereocenters.